The zero-order valence-corrected chi connectivity index (χ0v) is 16.9. The largest absolute Gasteiger partial charge is 0.346 e. The normalized spacial score (nSPS) is 11.8. The summed E-state index contributed by atoms with van der Waals surface area (Å²) < 4.78 is 1.83. The van der Waals surface area contributed by atoms with E-state index in [2.05, 4.69) is 15.5 Å². The first-order valence-electron chi connectivity index (χ1n) is 9.15. The fourth-order valence-electron chi connectivity index (χ4n) is 2.75. The van der Waals surface area contributed by atoms with E-state index in [1.807, 2.05) is 41.8 Å². The highest BCUT2D eigenvalue weighted by Gasteiger charge is 2.21. The number of benzene rings is 2. The van der Waals surface area contributed by atoms with Crippen LogP contribution >= 0.6 is 11.8 Å². The van der Waals surface area contributed by atoms with Crippen LogP contribution in [0.1, 0.15) is 37.7 Å². The van der Waals surface area contributed by atoms with Crippen molar-refractivity contribution in [3.63, 3.8) is 0 Å². The minimum atomic E-state index is -0.438. The van der Waals surface area contributed by atoms with Gasteiger partial charge >= 0.3 is 0 Å². The van der Waals surface area contributed by atoms with Crippen LogP contribution in [0.5, 0.6) is 0 Å². The van der Waals surface area contributed by atoms with Crippen molar-refractivity contribution in [3.8, 4) is 5.69 Å². The summed E-state index contributed by atoms with van der Waals surface area (Å²) in [7, 11) is 0. The molecule has 1 N–H and O–H groups in total. The van der Waals surface area contributed by atoms with E-state index in [0.29, 0.717) is 28.8 Å². The Kier molecular flexibility index (Phi) is 6.61. The van der Waals surface area contributed by atoms with Gasteiger partial charge in [-0.3, -0.25) is 19.5 Å². The second-order valence-electron chi connectivity index (χ2n) is 6.37. The molecule has 9 heteroatoms. The van der Waals surface area contributed by atoms with E-state index in [9.17, 15) is 14.9 Å². The van der Waals surface area contributed by atoms with Crippen molar-refractivity contribution in [1.29, 1.82) is 0 Å². The number of nitro groups is 1. The first-order chi connectivity index (χ1) is 14.0. The average Bonchev–Trinajstić information content (AvgIpc) is 3.17. The fourth-order valence-corrected chi connectivity index (χ4v) is 3.67. The van der Waals surface area contributed by atoms with Gasteiger partial charge in [-0.2, -0.15) is 0 Å². The number of rotatable bonds is 8. The molecule has 8 nitrogen and oxygen atoms in total. The van der Waals surface area contributed by atoms with E-state index >= 15 is 0 Å². The van der Waals surface area contributed by atoms with Crippen LogP contribution in [0.4, 0.5) is 5.69 Å². The Balaban J connectivity index is 1.95. The quantitative estimate of drug-likeness (QED) is 0.341. The summed E-state index contributed by atoms with van der Waals surface area (Å²) in [4.78, 5) is 22.4. The molecule has 1 unspecified atom stereocenters. The van der Waals surface area contributed by atoms with Crippen LogP contribution in [-0.2, 0) is 10.5 Å². The number of carbonyl (C=O) groups excluding carboxylic acids is 1. The molecule has 0 fully saturated rings. The van der Waals surface area contributed by atoms with Crippen LogP contribution in [0.3, 0.4) is 0 Å². The number of nitro benzene ring substituents is 1. The van der Waals surface area contributed by atoms with Crippen molar-refractivity contribution in [1.82, 2.24) is 20.1 Å². The van der Waals surface area contributed by atoms with Crippen LogP contribution in [0.2, 0.25) is 0 Å². The van der Waals surface area contributed by atoms with E-state index < -0.39 is 4.92 Å². The minimum absolute atomic E-state index is 0.00852. The van der Waals surface area contributed by atoms with Crippen LogP contribution < -0.4 is 5.32 Å². The van der Waals surface area contributed by atoms with Crippen LogP contribution in [-0.4, -0.2) is 25.6 Å². The summed E-state index contributed by atoms with van der Waals surface area (Å²) in [6, 6.07) is 15.8. The van der Waals surface area contributed by atoms with Gasteiger partial charge in [0.1, 0.15) is 0 Å². The van der Waals surface area contributed by atoms with E-state index in [0.717, 1.165) is 5.56 Å². The molecule has 3 aromatic rings. The van der Waals surface area contributed by atoms with Crippen molar-refractivity contribution in [2.75, 3.05) is 0 Å². The van der Waals surface area contributed by atoms with Gasteiger partial charge in [0.25, 0.3) is 5.69 Å². The molecule has 0 aliphatic rings. The number of hydrogen-bond acceptors (Lipinski definition) is 6. The Labute approximate surface area is 172 Å². The highest BCUT2D eigenvalue weighted by atomic mass is 32.2. The molecule has 0 bridgehead atoms. The number of nitrogens with zero attached hydrogens (tertiary/aromatic N) is 4. The van der Waals surface area contributed by atoms with Gasteiger partial charge in [0.2, 0.25) is 5.91 Å². The molecule has 0 aliphatic carbocycles. The summed E-state index contributed by atoms with van der Waals surface area (Å²) in [6.07, 6.45) is 0.367. The zero-order chi connectivity index (χ0) is 20.8. The number of hydrogen-bond donors (Lipinski definition) is 1. The molecule has 29 heavy (non-hydrogen) atoms. The molecule has 0 aliphatic heterocycles. The van der Waals surface area contributed by atoms with E-state index in [-0.39, 0.29) is 17.6 Å². The number of nitrogens with one attached hydrogen (secondary N) is 1. The summed E-state index contributed by atoms with van der Waals surface area (Å²) in [6.45, 7) is 3.62. The lowest BCUT2D eigenvalue weighted by Crippen LogP contribution is -2.27. The monoisotopic (exact) mass is 411 g/mol. The van der Waals surface area contributed by atoms with E-state index in [4.69, 9.17) is 0 Å². The Morgan fingerprint density at radius 3 is 2.48 bits per heavy atom. The van der Waals surface area contributed by atoms with Crippen molar-refractivity contribution in [2.45, 2.75) is 37.2 Å². The molecular formula is C20H21N5O3S. The molecule has 1 atom stereocenters. The van der Waals surface area contributed by atoms with Crippen molar-refractivity contribution in [3.05, 3.63) is 76.1 Å². The van der Waals surface area contributed by atoms with E-state index in [1.165, 1.54) is 23.9 Å². The lowest BCUT2D eigenvalue weighted by atomic mass is 10.2. The van der Waals surface area contributed by atoms with Crippen LogP contribution in [0, 0.1) is 10.1 Å². The first kappa shape index (κ1) is 20.5. The number of carbonyl (C=O) groups is 1. The molecule has 0 spiro atoms. The molecule has 1 heterocycles. The molecule has 0 radical (unpaired) electrons. The van der Waals surface area contributed by atoms with Crippen molar-refractivity contribution < 1.29 is 9.72 Å². The minimum Gasteiger partial charge on any atom is -0.346 e. The third-order valence-electron chi connectivity index (χ3n) is 4.27. The maximum absolute atomic E-state index is 11.8. The predicted molar refractivity (Wildman–Crippen MR) is 111 cm³/mol. The third kappa shape index (κ3) is 5.00. The molecule has 0 saturated carbocycles. The maximum atomic E-state index is 11.8. The second-order valence-corrected chi connectivity index (χ2v) is 7.31. The fraction of sp³-hybridized carbons (Fsp3) is 0.250. The Morgan fingerprint density at radius 2 is 1.86 bits per heavy atom. The van der Waals surface area contributed by atoms with Crippen molar-refractivity contribution in [2.24, 2.45) is 0 Å². The lowest BCUT2D eigenvalue weighted by molar-refractivity contribution is -0.384. The van der Waals surface area contributed by atoms with Gasteiger partial charge in [0.15, 0.2) is 11.0 Å². The zero-order valence-electron chi connectivity index (χ0n) is 16.1. The summed E-state index contributed by atoms with van der Waals surface area (Å²) in [5.41, 5.74) is 1.85. The van der Waals surface area contributed by atoms with Gasteiger partial charge in [-0.05, 0) is 24.6 Å². The second kappa shape index (κ2) is 9.33. The molecule has 3 rings (SSSR count). The summed E-state index contributed by atoms with van der Waals surface area (Å²) >= 11 is 1.51. The molecular weight excluding hydrogens is 390 g/mol. The molecule has 2 aromatic carbocycles. The van der Waals surface area contributed by atoms with Gasteiger partial charge in [0.05, 0.1) is 11.0 Å². The number of aromatic nitrogens is 3. The topological polar surface area (TPSA) is 103 Å². The smallest absolute Gasteiger partial charge is 0.269 e. The molecule has 1 aromatic heterocycles. The number of amides is 1. The number of thioether (sulfide) groups is 1. The Morgan fingerprint density at radius 1 is 1.17 bits per heavy atom. The van der Waals surface area contributed by atoms with Gasteiger partial charge < -0.3 is 5.32 Å². The standard InChI is InChI=1S/C20H21N5O3S/c1-3-18(26)21-14(2)19-22-23-20(29-13-15-7-5-4-6-8-15)24(19)16-9-11-17(12-10-16)25(27)28/h4-12,14H,3,13H2,1-2H3,(H,21,26). The van der Waals surface area contributed by atoms with Gasteiger partial charge in [0, 0.05) is 30.0 Å². The van der Waals surface area contributed by atoms with Crippen molar-refractivity contribution >= 4 is 23.4 Å². The molecule has 0 saturated heterocycles. The Bertz CT molecular complexity index is 989. The highest BCUT2D eigenvalue weighted by molar-refractivity contribution is 7.98. The van der Waals surface area contributed by atoms with Crippen LogP contribution in [0.15, 0.2) is 59.8 Å². The predicted octanol–water partition coefficient (Wildman–Crippen LogP) is 4.06. The average molecular weight is 411 g/mol. The third-order valence-corrected chi connectivity index (χ3v) is 5.27. The molecule has 1 amide bonds. The van der Waals surface area contributed by atoms with E-state index in [1.54, 1.807) is 19.1 Å². The molecule has 150 valence electrons. The summed E-state index contributed by atoms with van der Waals surface area (Å²) in [5, 5.41) is 23.1. The lowest BCUT2D eigenvalue weighted by Gasteiger charge is -2.16. The van der Waals surface area contributed by atoms with Gasteiger partial charge in [-0.15, -0.1) is 10.2 Å². The SMILES string of the molecule is CCC(=O)NC(C)c1nnc(SCc2ccccc2)n1-c1ccc([N+](=O)[O-])cc1. The van der Waals surface area contributed by atoms with Gasteiger partial charge in [-0.1, -0.05) is 49.0 Å². The number of non-ortho nitro benzene ring substituents is 1. The summed E-state index contributed by atoms with van der Waals surface area (Å²) in [5.74, 6) is 1.17. The first-order valence-corrected chi connectivity index (χ1v) is 10.1. The maximum Gasteiger partial charge on any atom is 0.269 e. The van der Waals surface area contributed by atoms with Crippen LogP contribution in [0.25, 0.3) is 5.69 Å². The Hall–Kier alpha value is -3.20. The highest BCUT2D eigenvalue weighted by Crippen LogP contribution is 2.28. The van der Waals surface area contributed by atoms with Gasteiger partial charge in [-0.25, -0.2) is 0 Å².